The third-order valence-electron chi connectivity index (χ3n) is 5.26. The van der Waals surface area contributed by atoms with E-state index >= 15 is 0 Å². The maximum atomic E-state index is 14.6. The predicted molar refractivity (Wildman–Crippen MR) is 113 cm³/mol. The molecule has 2 aromatic carbocycles. The Morgan fingerprint density at radius 3 is 2.29 bits per heavy atom. The summed E-state index contributed by atoms with van der Waals surface area (Å²) in [5.74, 6) is -0.958. The number of hydrogen-bond acceptors (Lipinski definition) is 6. The molecule has 0 aromatic heterocycles. The molecule has 166 valence electrons. The van der Waals surface area contributed by atoms with Crippen molar-refractivity contribution in [2.75, 3.05) is 62.8 Å². The van der Waals surface area contributed by atoms with Crippen LogP contribution >= 0.6 is 0 Å². The molecule has 0 bridgehead atoms. The number of carbonyl (C=O) groups is 1. The van der Waals surface area contributed by atoms with Crippen LogP contribution in [0.3, 0.4) is 0 Å². The van der Waals surface area contributed by atoms with Crippen LogP contribution in [0, 0.1) is 5.82 Å². The summed E-state index contributed by atoms with van der Waals surface area (Å²) in [5.41, 5.74) is 0.924. The van der Waals surface area contributed by atoms with Crippen molar-refractivity contribution < 1.29 is 27.1 Å². The van der Waals surface area contributed by atoms with E-state index in [9.17, 15) is 17.6 Å². The molecule has 1 N–H and O–H groups in total. The first-order valence-corrected chi connectivity index (χ1v) is 11.5. The highest BCUT2D eigenvalue weighted by atomic mass is 32.2. The molecule has 4 rings (SSSR count). The van der Waals surface area contributed by atoms with Gasteiger partial charge in [-0.2, -0.15) is 4.31 Å². The van der Waals surface area contributed by atoms with Crippen LogP contribution in [0.5, 0.6) is 0 Å². The molecule has 2 aromatic rings. The van der Waals surface area contributed by atoms with E-state index < -0.39 is 21.7 Å². The largest absolute Gasteiger partial charge is 0.379 e. The lowest BCUT2D eigenvalue weighted by Gasteiger charge is -2.29. The van der Waals surface area contributed by atoms with E-state index in [1.807, 2.05) is 4.90 Å². The van der Waals surface area contributed by atoms with E-state index in [1.54, 1.807) is 12.1 Å². The molecule has 1 amide bonds. The van der Waals surface area contributed by atoms with Gasteiger partial charge >= 0.3 is 0 Å². The number of amides is 1. The van der Waals surface area contributed by atoms with Gasteiger partial charge in [0, 0.05) is 37.4 Å². The van der Waals surface area contributed by atoms with Crippen molar-refractivity contribution >= 4 is 27.3 Å². The minimum atomic E-state index is -3.72. The van der Waals surface area contributed by atoms with Crippen molar-refractivity contribution in [1.29, 1.82) is 0 Å². The van der Waals surface area contributed by atoms with E-state index in [4.69, 9.17) is 9.47 Å². The van der Waals surface area contributed by atoms with Gasteiger partial charge in [0.2, 0.25) is 10.0 Å². The van der Waals surface area contributed by atoms with Gasteiger partial charge < -0.3 is 19.7 Å². The molecule has 0 atom stereocenters. The summed E-state index contributed by atoms with van der Waals surface area (Å²) in [7, 11) is -3.72. The monoisotopic (exact) mass is 449 g/mol. The summed E-state index contributed by atoms with van der Waals surface area (Å²) in [6.07, 6.45) is 0. The summed E-state index contributed by atoms with van der Waals surface area (Å²) in [6, 6.07) is 10.3. The van der Waals surface area contributed by atoms with Crippen LogP contribution in [-0.4, -0.2) is 71.2 Å². The van der Waals surface area contributed by atoms with E-state index in [0.29, 0.717) is 50.9 Å². The number of rotatable bonds is 5. The van der Waals surface area contributed by atoms with Gasteiger partial charge in [-0.3, -0.25) is 4.79 Å². The maximum absolute atomic E-state index is 14.6. The van der Waals surface area contributed by atoms with Gasteiger partial charge in [-0.15, -0.1) is 0 Å². The van der Waals surface area contributed by atoms with Crippen LogP contribution in [0.4, 0.5) is 15.8 Å². The number of nitrogens with zero attached hydrogens (tertiary/aromatic N) is 2. The number of benzene rings is 2. The summed E-state index contributed by atoms with van der Waals surface area (Å²) in [5, 5.41) is 2.64. The maximum Gasteiger partial charge on any atom is 0.255 e. The molecule has 2 heterocycles. The third-order valence-corrected chi connectivity index (χ3v) is 7.16. The number of hydrogen-bond donors (Lipinski definition) is 1. The van der Waals surface area contributed by atoms with Crippen molar-refractivity contribution in [2.45, 2.75) is 4.90 Å². The van der Waals surface area contributed by atoms with Gasteiger partial charge in [-0.25, -0.2) is 12.8 Å². The molecule has 2 fully saturated rings. The van der Waals surface area contributed by atoms with Gasteiger partial charge in [0.1, 0.15) is 5.82 Å². The van der Waals surface area contributed by atoms with Gasteiger partial charge in [0.05, 0.1) is 37.0 Å². The molecule has 2 aliphatic heterocycles. The number of nitrogens with one attached hydrogen (secondary N) is 1. The molecule has 8 nitrogen and oxygen atoms in total. The Morgan fingerprint density at radius 2 is 1.61 bits per heavy atom. The number of ether oxygens (including phenoxy) is 2. The Hall–Kier alpha value is -2.53. The van der Waals surface area contributed by atoms with Gasteiger partial charge in [0.15, 0.2) is 0 Å². The Kier molecular flexibility index (Phi) is 6.51. The van der Waals surface area contributed by atoms with Crippen LogP contribution in [0.1, 0.15) is 10.4 Å². The molecule has 0 spiro atoms. The standard InChI is InChI=1S/C21H24FN3O5S/c22-19-15-17(4-5-20(19)24-6-10-29-11-7-24)23-21(26)16-2-1-3-18(14-16)31(27,28)25-8-12-30-13-9-25/h1-5,14-15H,6-13H2,(H,23,26). The van der Waals surface area contributed by atoms with Crippen molar-refractivity contribution in [2.24, 2.45) is 0 Å². The Bertz CT molecular complexity index is 1050. The smallest absolute Gasteiger partial charge is 0.255 e. The molecule has 2 saturated heterocycles. The second-order valence-electron chi connectivity index (χ2n) is 7.26. The number of morpholine rings is 2. The Balaban J connectivity index is 1.49. The van der Waals surface area contributed by atoms with Crippen molar-refractivity contribution in [3.8, 4) is 0 Å². The Morgan fingerprint density at radius 1 is 0.935 bits per heavy atom. The molecule has 2 aliphatic rings. The highest BCUT2D eigenvalue weighted by molar-refractivity contribution is 7.89. The van der Waals surface area contributed by atoms with E-state index in [0.717, 1.165) is 0 Å². The van der Waals surface area contributed by atoms with E-state index in [1.165, 1.54) is 34.6 Å². The molecule has 0 saturated carbocycles. The molecular weight excluding hydrogens is 425 g/mol. The molecule has 0 radical (unpaired) electrons. The van der Waals surface area contributed by atoms with Crippen LogP contribution in [0.25, 0.3) is 0 Å². The highest BCUT2D eigenvalue weighted by Crippen LogP contribution is 2.24. The first-order valence-electron chi connectivity index (χ1n) is 10.1. The topological polar surface area (TPSA) is 88.2 Å². The minimum absolute atomic E-state index is 0.0379. The van der Waals surface area contributed by atoms with Crippen LogP contribution in [-0.2, 0) is 19.5 Å². The first kappa shape index (κ1) is 21.7. The third kappa shape index (κ3) is 4.87. The fraction of sp³-hybridized carbons (Fsp3) is 0.381. The summed E-state index contributed by atoms with van der Waals surface area (Å²) in [6.45, 7) is 3.52. The summed E-state index contributed by atoms with van der Waals surface area (Å²) < 4.78 is 52.1. The van der Waals surface area contributed by atoms with Gasteiger partial charge in [-0.1, -0.05) is 6.07 Å². The van der Waals surface area contributed by atoms with Gasteiger partial charge in [0.25, 0.3) is 5.91 Å². The predicted octanol–water partition coefficient (Wildman–Crippen LogP) is 1.94. The fourth-order valence-electron chi connectivity index (χ4n) is 3.58. The number of carbonyl (C=O) groups excluding carboxylic acids is 1. The first-order chi connectivity index (χ1) is 14.9. The lowest BCUT2D eigenvalue weighted by atomic mass is 10.2. The van der Waals surface area contributed by atoms with E-state index in [2.05, 4.69) is 5.32 Å². The SMILES string of the molecule is O=C(Nc1ccc(N2CCOCC2)c(F)c1)c1cccc(S(=O)(=O)N2CCOCC2)c1. The lowest BCUT2D eigenvalue weighted by molar-refractivity contribution is 0.0730. The zero-order chi connectivity index (χ0) is 21.8. The zero-order valence-corrected chi connectivity index (χ0v) is 17.7. The lowest BCUT2D eigenvalue weighted by Crippen LogP contribution is -2.40. The summed E-state index contributed by atoms with van der Waals surface area (Å²) in [4.78, 5) is 14.6. The summed E-state index contributed by atoms with van der Waals surface area (Å²) >= 11 is 0. The minimum Gasteiger partial charge on any atom is -0.379 e. The quantitative estimate of drug-likeness (QED) is 0.751. The van der Waals surface area contributed by atoms with Crippen molar-refractivity contribution in [1.82, 2.24) is 4.31 Å². The molecule has 10 heteroatoms. The normalized spacial score (nSPS) is 18.0. The van der Waals surface area contributed by atoms with Crippen LogP contribution in [0.2, 0.25) is 0 Å². The number of anilines is 2. The van der Waals surface area contributed by atoms with Gasteiger partial charge in [-0.05, 0) is 36.4 Å². The average molecular weight is 450 g/mol. The fourth-order valence-corrected chi connectivity index (χ4v) is 5.04. The number of sulfonamides is 1. The zero-order valence-electron chi connectivity index (χ0n) is 16.9. The van der Waals surface area contributed by atoms with Crippen LogP contribution in [0.15, 0.2) is 47.4 Å². The number of halogens is 1. The Labute approximate surface area is 180 Å². The molecular formula is C21H24FN3O5S. The highest BCUT2D eigenvalue weighted by Gasteiger charge is 2.27. The second kappa shape index (κ2) is 9.31. The van der Waals surface area contributed by atoms with Crippen molar-refractivity contribution in [3.05, 3.63) is 53.8 Å². The second-order valence-corrected chi connectivity index (χ2v) is 9.20. The molecule has 0 unspecified atom stereocenters. The molecule has 0 aliphatic carbocycles. The average Bonchev–Trinajstić information content (AvgIpc) is 2.80. The molecule has 31 heavy (non-hydrogen) atoms. The van der Waals surface area contributed by atoms with Crippen molar-refractivity contribution in [3.63, 3.8) is 0 Å². The van der Waals surface area contributed by atoms with E-state index in [-0.39, 0.29) is 23.5 Å². The van der Waals surface area contributed by atoms with Crippen LogP contribution < -0.4 is 10.2 Å².